The van der Waals surface area contributed by atoms with Gasteiger partial charge in [-0.05, 0) is 5.37 Å². The molecule has 0 aliphatic carbocycles. The zero-order valence-electron chi connectivity index (χ0n) is 7.34. The van der Waals surface area contributed by atoms with Crippen LogP contribution in [-0.4, -0.2) is 36.0 Å². The Bertz CT molecular complexity index is 411. The van der Waals surface area contributed by atoms with Crippen LogP contribution in [0.3, 0.4) is 0 Å². The maximum atomic E-state index is 10.9. The standard InChI is InChI=1S/C6H8N2O2S4/c1-14(9,10)4-5-7-8-6(13-5)12-3-2-11/h2H,3-4H2,1H3. The third-order valence-corrected chi connectivity index (χ3v) is 4.45. The third kappa shape index (κ3) is 4.45. The SMILES string of the molecule is CS(=O)(=O)Cc1nnc(SCC=S)s1. The van der Waals surface area contributed by atoms with Crippen molar-refractivity contribution in [1.82, 2.24) is 10.2 Å². The summed E-state index contributed by atoms with van der Waals surface area (Å²) in [5, 5.41) is 9.74. The van der Waals surface area contributed by atoms with Gasteiger partial charge in [-0.3, -0.25) is 0 Å². The molecule has 0 spiro atoms. The highest BCUT2D eigenvalue weighted by atomic mass is 32.2. The van der Waals surface area contributed by atoms with Crippen molar-refractivity contribution in [2.24, 2.45) is 0 Å². The number of sulfone groups is 1. The molecule has 4 nitrogen and oxygen atoms in total. The second-order valence-corrected chi connectivity index (χ2v) is 7.31. The van der Waals surface area contributed by atoms with Gasteiger partial charge in [0.1, 0.15) is 10.8 Å². The van der Waals surface area contributed by atoms with Crippen LogP contribution in [0.25, 0.3) is 0 Å². The minimum absolute atomic E-state index is 0.0389. The summed E-state index contributed by atoms with van der Waals surface area (Å²) in [6.07, 6.45) is 1.18. The molecule has 0 unspecified atom stereocenters. The van der Waals surface area contributed by atoms with Gasteiger partial charge in [0.25, 0.3) is 0 Å². The molecule has 1 heterocycles. The van der Waals surface area contributed by atoms with Crippen LogP contribution in [0.5, 0.6) is 0 Å². The normalized spacial score (nSPS) is 11.5. The second kappa shape index (κ2) is 5.15. The molecule has 0 bridgehead atoms. The lowest BCUT2D eigenvalue weighted by molar-refractivity contribution is 0.600. The molecule has 1 rings (SSSR count). The van der Waals surface area contributed by atoms with Gasteiger partial charge >= 0.3 is 0 Å². The van der Waals surface area contributed by atoms with Gasteiger partial charge in [0.15, 0.2) is 14.2 Å². The molecule has 0 fully saturated rings. The molecule has 1 aromatic heterocycles. The minimum atomic E-state index is -3.01. The monoisotopic (exact) mass is 268 g/mol. The average Bonchev–Trinajstić information content (AvgIpc) is 2.46. The molecule has 78 valence electrons. The number of rotatable bonds is 5. The maximum absolute atomic E-state index is 10.9. The Morgan fingerprint density at radius 3 is 2.86 bits per heavy atom. The molecule has 0 aliphatic heterocycles. The van der Waals surface area contributed by atoms with Crippen LogP contribution in [0.15, 0.2) is 4.34 Å². The quantitative estimate of drug-likeness (QED) is 0.590. The Hall–Kier alpha value is -0.0500. The van der Waals surface area contributed by atoms with Crippen molar-refractivity contribution in [2.45, 2.75) is 10.1 Å². The van der Waals surface area contributed by atoms with E-state index in [0.717, 1.165) is 4.34 Å². The van der Waals surface area contributed by atoms with E-state index in [9.17, 15) is 8.42 Å². The molecule has 0 saturated carbocycles. The summed E-state index contributed by atoms with van der Waals surface area (Å²) in [6.45, 7) is 0. The van der Waals surface area contributed by atoms with E-state index in [-0.39, 0.29) is 5.75 Å². The molecule has 0 saturated heterocycles. The second-order valence-electron chi connectivity index (χ2n) is 2.51. The van der Waals surface area contributed by atoms with Crippen LogP contribution in [0.2, 0.25) is 0 Å². The van der Waals surface area contributed by atoms with Crippen molar-refractivity contribution in [1.29, 1.82) is 0 Å². The average molecular weight is 268 g/mol. The van der Waals surface area contributed by atoms with E-state index >= 15 is 0 Å². The Morgan fingerprint density at radius 1 is 1.57 bits per heavy atom. The highest BCUT2D eigenvalue weighted by Gasteiger charge is 2.10. The minimum Gasteiger partial charge on any atom is -0.229 e. The number of hydrogen-bond acceptors (Lipinski definition) is 7. The fourth-order valence-corrected chi connectivity index (χ4v) is 3.68. The first-order valence-corrected chi connectivity index (χ1v) is 7.91. The van der Waals surface area contributed by atoms with Gasteiger partial charge in [-0.25, -0.2) is 8.42 Å². The molecular formula is C6H8N2O2S4. The fraction of sp³-hybridized carbons (Fsp3) is 0.500. The summed E-state index contributed by atoms with van der Waals surface area (Å²) in [6, 6.07) is 0. The van der Waals surface area contributed by atoms with Gasteiger partial charge in [0, 0.05) is 12.0 Å². The van der Waals surface area contributed by atoms with Crippen LogP contribution < -0.4 is 0 Å². The highest BCUT2D eigenvalue weighted by Crippen LogP contribution is 2.22. The van der Waals surface area contributed by atoms with E-state index < -0.39 is 9.84 Å². The first kappa shape index (κ1) is 12.0. The Balaban J connectivity index is 2.64. The van der Waals surface area contributed by atoms with Gasteiger partial charge in [0.2, 0.25) is 0 Å². The lowest BCUT2D eigenvalue weighted by Gasteiger charge is -1.89. The summed E-state index contributed by atoms with van der Waals surface area (Å²) in [4.78, 5) is 0. The zero-order valence-corrected chi connectivity index (χ0v) is 10.6. The van der Waals surface area contributed by atoms with E-state index in [2.05, 4.69) is 22.4 Å². The summed E-state index contributed by atoms with van der Waals surface area (Å²) in [5.41, 5.74) is 0. The van der Waals surface area contributed by atoms with Crippen molar-refractivity contribution in [3.63, 3.8) is 0 Å². The predicted octanol–water partition coefficient (Wildman–Crippen LogP) is 1.17. The number of thioether (sulfide) groups is 1. The van der Waals surface area contributed by atoms with Crippen LogP contribution in [-0.2, 0) is 15.6 Å². The lowest BCUT2D eigenvalue weighted by atomic mass is 10.9. The van der Waals surface area contributed by atoms with Crippen molar-refractivity contribution in [3.05, 3.63) is 5.01 Å². The number of hydrogen-bond donors (Lipinski definition) is 0. The van der Waals surface area contributed by atoms with E-state index in [1.165, 1.54) is 29.4 Å². The topological polar surface area (TPSA) is 59.9 Å². The van der Waals surface area contributed by atoms with Crippen LogP contribution >= 0.6 is 35.3 Å². The smallest absolute Gasteiger partial charge is 0.174 e. The van der Waals surface area contributed by atoms with E-state index in [4.69, 9.17) is 0 Å². The van der Waals surface area contributed by atoms with Gasteiger partial charge in [0.05, 0.1) is 0 Å². The molecule has 0 N–H and O–H groups in total. The molecule has 8 heteroatoms. The number of aromatic nitrogens is 2. The third-order valence-electron chi connectivity index (χ3n) is 1.11. The molecule has 14 heavy (non-hydrogen) atoms. The van der Waals surface area contributed by atoms with Gasteiger partial charge < -0.3 is 0 Å². The van der Waals surface area contributed by atoms with Crippen LogP contribution in [0, 0.1) is 0 Å². The van der Waals surface area contributed by atoms with Gasteiger partial charge in [-0.1, -0.05) is 35.3 Å². The molecule has 1 aromatic rings. The maximum Gasteiger partial charge on any atom is 0.174 e. The summed E-state index contributed by atoms with van der Waals surface area (Å²) < 4.78 is 22.6. The first-order chi connectivity index (χ1) is 6.51. The van der Waals surface area contributed by atoms with E-state index in [1.54, 1.807) is 5.37 Å². The predicted molar refractivity (Wildman–Crippen MR) is 62.8 cm³/mol. The molecule has 0 radical (unpaired) electrons. The summed E-state index contributed by atoms with van der Waals surface area (Å²) in [7, 11) is -3.01. The Kier molecular flexibility index (Phi) is 4.42. The van der Waals surface area contributed by atoms with Gasteiger partial charge in [-0.15, -0.1) is 10.2 Å². The highest BCUT2D eigenvalue weighted by molar-refractivity contribution is 8.02. The Labute approximate surface area is 96.0 Å². The molecular weight excluding hydrogens is 260 g/mol. The Morgan fingerprint density at radius 2 is 2.29 bits per heavy atom. The van der Waals surface area contributed by atoms with E-state index in [0.29, 0.717) is 10.8 Å². The fourth-order valence-electron chi connectivity index (χ4n) is 0.684. The lowest BCUT2D eigenvalue weighted by Crippen LogP contribution is -1.99. The summed E-state index contributed by atoms with van der Waals surface area (Å²) in [5.74, 6) is 0.645. The largest absolute Gasteiger partial charge is 0.229 e. The zero-order chi connectivity index (χ0) is 10.6. The van der Waals surface area contributed by atoms with Gasteiger partial charge in [-0.2, -0.15) is 0 Å². The molecule has 0 amide bonds. The summed E-state index contributed by atoms with van der Waals surface area (Å²) >= 11 is 7.41. The van der Waals surface area contributed by atoms with Crippen molar-refractivity contribution in [3.8, 4) is 0 Å². The molecule has 0 aliphatic rings. The van der Waals surface area contributed by atoms with Crippen LogP contribution in [0.1, 0.15) is 5.01 Å². The number of thiocarbonyl (C=S) groups is 1. The van der Waals surface area contributed by atoms with Crippen LogP contribution in [0.4, 0.5) is 0 Å². The van der Waals surface area contributed by atoms with Crippen molar-refractivity contribution >= 4 is 50.5 Å². The molecule has 0 atom stereocenters. The first-order valence-electron chi connectivity index (χ1n) is 3.58. The van der Waals surface area contributed by atoms with E-state index in [1.807, 2.05) is 0 Å². The van der Waals surface area contributed by atoms with Crippen molar-refractivity contribution < 1.29 is 8.42 Å². The molecule has 0 aromatic carbocycles. The number of nitrogens with zero attached hydrogens (tertiary/aromatic N) is 2. The van der Waals surface area contributed by atoms with Crippen molar-refractivity contribution in [2.75, 3.05) is 12.0 Å².